The molecule has 0 radical (unpaired) electrons. The van der Waals surface area contributed by atoms with Crippen LogP contribution in [0, 0.1) is 10.1 Å². The molecule has 0 fully saturated rings. The van der Waals surface area contributed by atoms with Gasteiger partial charge in [0.15, 0.2) is 0 Å². The molecule has 0 heterocycles. The summed E-state index contributed by atoms with van der Waals surface area (Å²) in [5, 5.41) is 13.0. The Hall–Kier alpha value is -1.66. The highest BCUT2D eigenvalue weighted by molar-refractivity contribution is 6.33. The molecule has 1 N–H and O–H groups in total. The number of nitrogens with one attached hydrogen (secondary N) is 1. The van der Waals surface area contributed by atoms with Crippen LogP contribution in [0.1, 0.15) is 0 Å². The molecular formula is C9H9ClN2O4. The molecule has 16 heavy (non-hydrogen) atoms. The molecule has 0 bridgehead atoms. The Kier molecular flexibility index (Phi) is 4.21. The first-order valence-corrected chi connectivity index (χ1v) is 4.65. The second-order valence-corrected chi connectivity index (χ2v) is 3.31. The van der Waals surface area contributed by atoms with Crippen molar-refractivity contribution in [2.24, 2.45) is 0 Å². The number of nitro groups is 1. The van der Waals surface area contributed by atoms with Crippen LogP contribution in [-0.4, -0.2) is 24.5 Å². The summed E-state index contributed by atoms with van der Waals surface area (Å²) < 4.78 is 4.61. The van der Waals surface area contributed by atoms with E-state index < -0.39 is 4.92 Å². The highest BCUT2D eigenvalue weighted by Crippen LogP contribution is 2.26. The Morgan fingerprint density at radius 1 is 1.62 bits per heavy atom. The number of methoxy groups -OCH3 is 1. The number of ether oxygens (including phenoxy) is 1. The molecular weight excluding hydrogens is 236 g/mol. The van der Waals surface area contributed by atoms with E-state index in [9.17, 15) is 14.9 Å². The highest BCUT2D eigenvalue weighted by Gasteiger charge is 2.11. The number of hydrogen-bond donors (Lipinski definition) is 1. The van der Waals surface area contributed by atoms with E-state index in [0.29, 0.717) is 5.69 Å². The van der Waals surface area contributed by atoms with Crippen molar-refractivity contribution in [2.75, 3.05) is 19.0 Å². The average Bonchev–Trinajstić information content (AvgIpc) is 2.21. The summed E-state index contributed by atoms with van der Waals surface area (Å²) in [6.45, 7) is -0.104. The number of rotatable bonds is 4. The minimum absolute atomic E-state index is 0.104. The number of benzene rings is 1. The lowest BCUT2D eigenvalue weighted by atomic mass is 10.3. The smallest absolute Gasteiger partial charge is 0.271 e. The lowest BCUT2D eigenvalue weighted by molar-refractivity contribution is -0.384. The van der Waals surface area contributed by atoms with Gasteiger partial charge in [0, 0.05) is 19.2 Å². The quantitative estimate of drug-likeness (QED) is 0.647. The van der Waals surface area contributed by atoms with E-state index in [1.807, 2.05) is 0 Å². The SMILES string of the molecule is COCC(=O)Nc1ccc([N+](=O)[O-])cc1Cl. The molecule has 0 aliphatic rings. The van der Waals surface area contributed by atoms with Gasteiger partial charge in [0.05, 0.1) is 15.6 Å². The van der Waals surface area contributed by atoms with Crippen molar-refractivity contribution >= 4 is 28.9 Å². The minimum atomic E-state index is -0.563. The van der Waals surface area contributed by atoms with Crippen molar-refractivity contribution in [3.05, 3.63) is 33.3 Å². The van der Waals surface area contributed by atoms with E-state index in [-0.39, 0.29) is 23.2 Å². The van der Waals surface area contributed by atoms with E-state index in [0.717, 1.165) is 0 Å². The van der Waals surface area contributed by atoms with Gasteiger partial charge >= 0.3 is 0 Å². The largest absolute Gasteiger partial charge is 0.375 e. The van der Waals surface area contributed by atoms with E-state index in [1.54, 1.807) is 0 Å². The van der Waals surface area contributed by atoms with Crippen LogP contribution < -0.4 is 5.32 Å². The number of carbonyl (C=O) groups excluding carboxylic acids is 1. The van der Waals surface area contributed by atoms with Gasteiger partial charge in [-0.05, 0) is 6.07 Å². The third-order valence-corrected chi connectivity index (χ3v) is 2.03. The minimum Gasteiger partial charge on any atom is -0.375 e. The van der Waals surface area contributed by atoms with Gasteiger partial charge in [0.25, 0.3) is 5.69 Å². The number of amides is 1. The van der Waals surface area contributed by atoms with E-state index in [2.05, 4.69) is 10.1 Å². The first-order chi connectivity index (χ1) is 7.54. The van der Waals surface area contributed by atoms with E-state index in [4.69, 9.17) is 11.6 Å². The Morgan fingerprint density at radius 3 is 2.81 bits per heavy atom. The molecule has 0 aliphatic heterocycles. The van der Waals surface area contributed by atoms with Crippen molar-refractivity contribution < 1.29 is 14.5 Å². The molecule has 1 aromatic rings. The fourth-order valence-electron chi connectivity index (χ4n) is 1.04. The third kappa shape index (κ3) is 3.18. The average molecular weight is 245 g/mol. The number of carbonyl (C=O) groups is 1. The molecule has 0 aliphatic carbocycles. The predicted octanol–water partition coefficient (Wildman–Crippen LogP) is 1.83. The summed E-state index contributed by atoms with van der Waals surface area (Å²) >= 11 is 5.76. The Labute approximate surface area is 96.3 Å². The number of hydrogen-bond acceptors (Lipinski definition) is 4. The summed E-state index contributed by atoms with van der Waals surface area (Å²) in [5.74, 6) is -0.377. The number of anilines is 1. The van der Waals surface area contributed by atoms with Gasteiger partial charge in [0.1, 0.15) is 6.61 Å². The third-order valence-electron chi connectivity index (χ3n) is 1.71. The van der Waals surface area contributed by atoms with Crippen LogP contribution in [0.25, 0.3) is 0 Å². The summed E-state index contributed by atoms with van der Waals surface area (Å²) in [6.07, 6.45) is 0. The van der Waals surface area contributed by atoms with Gasteiger partial charge in [-0.25, -0.2) is 0 Å². The first-order valence-electron chi connectivity index (χ1n) is 4.27. The summed E-state index contributed by atoms with van der Waals surface area (Å²) in [7, 11) is 1.39. The topological polar surface area (TPSA) is 81.5 Å². The molecule has 0 aromatic heterocycles. The molecule has 0 saturated heterocycles. The first kappa shape index (κ1) is 12.4. The summed E-state index contributed by atoms with van der Waals surface area (Å²) in [5.41, 5.74) is 0.184. The van der Waals surface area contributed by atoms with E-state index in [1.165, 1.54) is 25.3 Å². The maximum Gasteiger partial charge on any atom is 0.271 e. The molecule has 0 atom stereocenters. The molecule has 0 unspecified atom stereocenters. The monoisotopic (exact) mass is 244 g/mol. The van der Waals surface area contributed by atoms with Crippen LogP contribution >= 0.6 is 11.6 Å². The van der Waals surface area contributed by atoms with Crippen LogP contribution in [-0.2, 0) is 9.53 Å². The van der Waals surface area contributed by atoms with Crippen LogP contribution in [0.5, 0.6) is 0 Å². The lowest BCUT2D eigenvalue weighted by Gasteiger charge is -2.05. The predicted molar refractivity (Wildman–Crippen MR) is 58.6 cm³/mol. The Morgan fingerprint density at radius 2 is 2.31 bits per heavy atom. The van der Waals surface area contributed by atoms with Crippen LogP contribution in [0.4, 0.5) is 11.4 Å². The second kappa shape index (κ2) is 5.43. The van der Waals surface area contributed by atoms with Crippen molar-refractivity contribution in [3.63, 3.8) is 0 Å². The molecule has 7 heteroatoms. The zero-order valence-corrected chi connectivity index (χ0v) is 9.15. The van der Waals surface area contributed by atoms with Crippen LogP contribution in [0.3, 0.4) is 0 Å². The summed E-state index contributed by atoms with van der Waals surface area (Å²) in [4.78, 5) is 21.0. The standard InChI is InChI=1S/C9H9ClN2O4/c1-16-5-9(13)11-8-3-2-6(12(14)15)4-7(8)10/h2-4H,5H2,1H3,(H,11,13). The number of nitrogens with zero attached hydrogens (tertiary/aromatic N) is 1. The van der Waals surface area contributed by atoms with Crippen LogP contribution in [0.2, 0.25) is 5.02 Å². The van der Waals surface area contributed by atoms with Gasteiger partial charge in [-0.1, -0.05) is 11.6 Å². The fourth-order valence-corrected chi connectivity index (χ4v) is 1.26. The second-order valence-electron chi connectivity index (χ2n) is 2.90. The highest BCUT2D eigenvalue weighted by atomic mass is 35.5. The maximum atomic E-state index is 11.2. The molecule has 0 saturated carbocycles. The molecule has 1 rings (SSSR count). The Bertz CT molecular complexity index is 422. The number of halogens is 1. The van der Waals surface area contributed by atoms with Crippen molar-refractivity contribution in [1.29, 1.82) is 0 Å². The van der Waals surface area contributed by atoms with Crippen molar-refractivity contribution in [2.45, 2.75) is 0 Å². The Balaban J connectivity index is 2.83. The van der Waals surface area contributed by atoms with Crippen molar-refractivity contribution in [1.82, 2.24) is 0 Å². The number of non-ortho nitro benzene ring substituents is 1. The zero-order chi connectivity index (χ0) is 12.1. The maximum absolute atomic E-state index is 11.2. The molecule has 6 nitrogen and oxygen atoms in total. The fraction of sp³-hybridized carbons (Fsp3) is 0.222. The van der Waals surface area contributed by atoms with E-state index >= 15 is 0 Å². The van der Waals surface area contributed by atoms with Gasteiger partial charge in [-0.3, -0.25) is 14.9 Å². The molecule has 1 amide bonds. The molecule has 1 aromatic carbocycles. The van der Waals surface area contributed by atoms with Gasteiger partial charge < -0.3 is 10.1 Å². The lowest BCUT2D eigenvalue weighted by Crippen LogP contribution is -2.17. The molecule has 0 spiro atoms. The normalized spacial score (nSPS) is 9.88. The van der Waals surface area contributed by atoms with Gasteiger partial charge in [0.2, 0.25) is 5.91 Å². The van der Waals surface area contributed by atoms with Crippen molar-refractivity contribution in [3.8, 4) is 0 Å². The molecule has 86 valence electrons. The zero-order valence-electron chi connectivity index (χ0n) is 8.40. The number of nitro benzene ring substituents is 1. The van der Waals surface area contributed by atoms with Gasteiger partial charge in [-0.2, -0.15) is 0 Å². The summed E-state index contributed by atoms with van der Waals surface area (Å²) in [6, 6.07) is 3.80. The van der Waals surface area contributed by atoms with Gasteiger partial charge in [-0.15, -0.1) is 0 Å². The van der Waals surface area contributed by atoms with Crippen LogP contribution in [0.15, 0.2) is 18.2 Å².